The molecule has 84 valence electrons. The Morgan fingerprint density at radius 1 is 1.60 bits per heavy atom. The number of piperazine rings is 1. The summed E-state index contributed by atoms with van der Waals surface area (Å²) in [6.45, 7) is 8.66. The molecule has 1 aliphatic heterocycles. The number of aryl methyl sites for hydroxylation is 2. The molecular weight excluding hydrogens is 188 g/mol. The summed E-state index contributed by atoms with van der Waals surface area (Å²) in [7, 11) is 2.02. The van der Waals surface area contributed by atoms with E-state index >= 15 is 0 Å². The number of hydrogen-bond donors (Lipinski definition) is 1. The minimum atomic E-state index is 0.605. The van der Waals surface area contributed by atoms with Crippen molar-refractivity contribution in [2.45, 2.75) is 26.4 Å². The highest BCUT2D eigenvalue weighted by Crippen LogP contribution is 2.08. The van der Waals surface area contributed by atoms with Gasteiger partial charge in [0.15, 0.2) is 0 Å². The zero-order valence-electron chi connectivity index (χ0n) is 9.82. The van der Waals surface area contributed by atoms with Gasteiger partial charge in [0.25, 0.3) is 0 Å². The maximum atomic E-state index is 4.37. The second-order valence-electron chi connectivity index (χ2n) is 4.49. The predicted octanol–water partition coefficient (Wildman–Crippen LogP) is 0.522. The van der Waals surface area contributed by atoms with Crippen LogP contribution in [0.25, 0.3) is 0 Å². The molecule has 15 heavy (non-hydrogen) atoms. The van der Waals surface area contributed by atoms with Crippen molar-refractivity contribution in [3.63, 3.8) is 0 Å². The summed E-state index contributed by atoms with van der Waals surface area (Å²) in [5, 5.41) is 7.82. The van der Waals surface area contributed by atoms with Crippen molar-refractivity contribution in [2.24, 2.45) is 7.05 Å². The normalized spacial score (nSPS) is 23.3. The van der Waals surface area contributed by atoms with E-state index in [0.29, 0.717) is 6.04 Å². The summed E-state index contributed by atoms with van der Waals surface area (Å²) < 4.78 is 1.99. The van der Waals surface area contributed by atoms with Gasteiger partial charge in [-0.05, 0) is 19.9 Å². The van der Waals surface area contributed by atoms with Crippen LogP contribution in [0.1, 0.15) is 18.3 Å². The van der Waals surface area contributed by atoms with Crippen LogP contribution in [0, 0.1) is 6.92 Å². The molecule has 0 spiro atoms. The molecule has 2 rings (SSSR count). The molecule has 1 saturated heterocycles. The molecule has 1 N–H and O–H groups in total. The first-order chi connectivity index (χ1) is 7.15. The summed E-state index contributed by atoms with van der Waals surface area (Å²) in [6.07, 6.45) is 0. The highest BCUT2D eigenvalue weighted by Gasteiger charge is 2.16. The van der Waals surface area contributed by atoms with Gasteiger partial charge < -0.3 is 5.32 Å². The lowest BCUT2D eigenvalue weighted by molar-refractivity contribution is 0.195. The zero-order chi connectivity index (χ0) is 10.8. The maximum absolute atomic E-state index is 4.37. The Kier molecular flexibility index (Phi) is 3.07. The highest BCUT2D eigenvalue weighted by molar-refractivity contribution is 5.08. The van der Waals surface area contributed by atoms with E-state index in [0.717, 1.165) is 31.9 Å². The zero-order valence-corrected chi connectivity index (χ0v) is 9.82. The topological polar surface area (TPSA) is 33.1 Å². The van der Waals surface area contributed by atoms with Crippen molar-refractivity contribution in [3.05, 3.63) is 17.5 Å². The van der Waals surface area contributed by atoms with Gasteiger partial charge in [-0.1, -0.05) is 0 Å². The van der Waals surface area contributed by atoms with Gasteiger partial charge in [0.2, 0.25) is 0 Å². The molecule has 2 heterocycles. The Bertz CT molecular complexity index is 331. The second-order valence-corrected chi connectivity index (χ2v) is 4.49. The van der Waals surface area contributed by atoms with Gasteiger partial charge in [-0.3, -0.25) is 9.58 Å². The van der Waals surface area contributed by atoms with E-state index in [4.69, 9.17) is 0 Å². The molecule has 0 radical (unpaired) electrons. The van der Waals surface area contributed by atoms with Crippen LogP contribution in [0.3, 0.4) is 0 Å². The van der Waals surface area contributed by atoms with E-state index in [1.54, 1.807) is 0 Å². The lowest BCUT2D eigenvalue weighted by Gasteiger charge is -2.31. The average Bonchev–Trinajstić information content (AvgIpc) is 2.45. The fourth-order valence-electron chi connectivity index (χ4n) is 2.20. The Labute approximate surface area is 91.3 Å². The van der Waals surface area contributed by atoms with E-state index in [2.05, 4.69) is 28.3 Å². The number of nitrogens with zero attached hydrogens (tertiary/aromatic N) is 3. The van der Waals surface area contributed by atoms with Gasteiger partial charge in [-0.2, -0.15) is 5.10 Å². The monoisotopic (exact) mass is 208 g/mol. The van der Waals surface area contributed by atoms with Crippen LogP contribution in [0.4, 0.5) is 0 Å². The van der Waals surface area contributed by atoms with Crippen molar-refractivity contribution in [1.29, 1.82) is 0 Å². The molecule has 1 aliphatic rings. The Morgan fingerprint density at radius 3 is 3.00 bits per heavy atom. The third kappa shape index (κ3) is 2.58. The molecule has 1 unspecified atom stereocenters. The van der Waals surface area contributed by atoms with Gasteiger partial charge in [-0.15, -0.1) is 0 Å². The smallest absolute Gasteiger partial charge is 0.0597 e. The van der Waals surface area contributed by atoms with Gasteiger partial charge >= 0.3 is 0 Å². The van der Waals surface area contributed by atoms with Crippen LogP contribution in [0.5, 0.6) is 0 Å². The van der Waals surface area contributed by atoms with E-state index in [-0.39, 0.29) is 0 Å². The summed E-state index contributed by atoms with van der Waals surface area (Å²) >= 11 is 0. The third-order valence-electron chi connectivity index (χ3n) is 2.94. The van der Waals surface area contributed by atoms with Crippen molar-refractivity contribution < 1.29 is 0 Å². The van der Waals surface area contributed by atoms with Crippen LogP contribution in [0.2, 0.25) is 0 Å². The Balaban J connectivity index is 1.99. The van der Waals surface area contributed by atoms with Crippen molar-refractivity contribution in [1.82, 2.24) is 20.0 Å². The molecule has 0 amide bonds. The lowest BCUT2D eigenvalue weighted by Crippen LogP contribution is -2.48. The minimum Gasteiger partial charge on any atom is -0.312 e. The fourth-order valence-corrected chi connectivity index (χ4v) is 2.20. The SMILES string of the molecule is Cc1cc(CN2CCNC(C)C2)n(C)n1. The molecule has 4 heteroatoms. The van der Waals surface area contributed by atoms with Crippen LogP contribution >= 0.6 is 0 Å². The van der Waals surface area contributed by atoms with Gasteiger partial charge in [0, 0.05) is 39.3 Å². The fraction of sp³-hybridized carbons (Fsp3) is 0.727. The molecular formula is C11H20N4. The standard InChI is InChI=1S/C11H20N4/c1-9-6-11(14(3)13-9)8-15-5-4-12-10(2)7-15/h6,10,12H,4-5,7-8H2,1-3H3. The molecule has 0 bridgehead atoms. The quantitative estimate of drug-likeness (QED) is 0.769. The maximum Gasteiger partial charge on any atom is 0.0597 e. The van der Waals surface area contributed by atoms with E-state index in [1.807, 2.05) is 18.7 Å². The van der Waals surface area contributed by atoms with Gasteiger partial charge in [0.1, 0.15) is 0 Å². The van der Waals surface area contributed by atoms with Crippen LogP contribution in [-0.2, 0) is 13.6 Å². The minimum absolute atomic E-state index is 0.605. The molecule has 0 saturated carbocycles. The largest absolute Gasteiger partial charge is 0.312 e. The van der Waals surface area contributed by atoms with Crippen LogP contribution < -0.4 is 5.32 Å². The highest BCUT2D eigenvalue weighted by atomic mass is 15.3. The van der Waals surface area contributed by atoms with E-state index < -0.39 is 0 Å². The molecule has 1 fully saturated rings. The number of nitrogens with one attached hydrogen (secondary N) is 1. The molecule has 4 nitrogen and oxygen atoms in total. The lowest BCUT2D eigenvalue weighted by atomic mass is 10.2. The number of rotatable bonds is 2. The number of aromatic nitrogens is 2. The third-order valence-corrected chi connectivity index (χ3v) is 2.94. The van der Waals surface area contributed by atoms with Crippen molar-refractivity contribution in [2.75, 3.05) is 19.6 Å². The number of hydrogen-bond acceptors (Lipinski definition) is 3. The summed E-state index contributed by atoms with van der Waals surface area (Å²) in [6, 6.07) is 2.78. The van der Waals surface area contributed by atoms with E-state index in [9.17, 15) is 0 Å². The predicted molar refractivity (Wildman–Crippen MR) is 60.7 cm³/mol. The Morgan fingerprint density at radius 2 is 2.40 bits per heavy atom. The second kappa shape index (κ2) is 4.33. The van der Waals surface area contributed by atoms with Gasteiger partial charge in [-0.25, -0.2) is 0 Å². The molecule has 1 aromatic heterocycles. The van der Waals surface area contributed by atoms with Crippen LogP contribution in [0.15, 0.2) is 6.07 Å². The van der Waals surface area contributed by atoms with Crippen molar-refractivity contribution in [3.8, 4) is 0 Å². The van der Waals surface area contributed by atoms with Gasteiger partial charge in [0.05, 0.1) is 11.4 Å². The summed E-state index contributed by atoms with van der Waals surface area (Å²) in [4.78, 5) is 2.48. The first-order valence-electron chi connectivity index (χ1n) is 5.60. The Hall–Kier alpha value is -0.870. The summed E-state index contributed by atoms with van der Waals surface area (Å²) in [5.41, 5.74) is 2.41. The average molecular weight is 208 g/mol. The molecule has 1 atom stereocenters. The first kappa shape index (κ1) is 10.6. The first-order valence-corrected chi connectivity index (χ1v) is 5.60. The van der Waals surface area contributed by atoms with E-state index in [1.165, 1.54) is 5.69 Å². The summed E-state index contributed by atoms with van der Waals surface area (Å²) in [5.74, 6) is 0. The molecule has 0 aliphatic carbocycles. The van der Waals surface area contributed by atoms with Crippen LogP contribution in [-0.4, -0.2) is 40.4 Å². The molecule has 0 aromatic carbocycles. The van der Waals surface area contributed by atoms with Crippen molar-refractivity contribution >= 4 is 0 Å². The molecule has 1 aromatic rings.